The van der Waals surface area contributed by atoms with Gasteiger partial charge in [-0.2, -0.15) is 0 Å². The molecular weight excluding hydrogens is 290 g/mol. The third kappa shape index (κ3) is 2.32. The molecule has 0 N–H and O–H groups in total. The van der Waals surface area contributed by atoms with Crippen molar-refractivity contribution in [3.05, 3.63) is 0 Å². The number of hydrogen-bond acceptors (Lipinski definition) is 3. The summed E-state index contributed by atoms with van der Waals surface area (Å²) in [5.41, 5.74) is 0.786. The van der Waals surface area contributed by atoms with Crippen LogP contribution < -0.4 is 0 Å². The minimum absolute atomic E-state index is 0.0151. The van der Waals surface area contributed by atoms with Crippen LogP contribution in [0.2, 0.25) is 0 Å². The van der Waals surface area contributed by atoms with Crippen LogP contribution in [0.3, 0.4) is 0 Å². The smallest absolute Gasteiger partial charge is 0.311 e. The molecule has 3 unspecified atom stereocenters. The lowest BCUT2D eigenvalue weighted by atomic mass is 9.42. The van der Waals surface area contributed by atoms with Gasteiger partial charge in [0, 0.05) is 18.5 Å². The first kappa shape index (κ1) is 15.5. The fourth-order valence-corrected chi connectivity index (χ4v) is 7.27. The van der Waals surface area contributed by atoms with Crippen LogP contribution in [0, 0.1) is 22.7 Å². The first-order chi connectivity index (χ1) is 10.8. The zero-order valence-corrected chi connectivity index (χ0v) is 14.7. The molecule has 0 aromatic rings. The number of nitrogens with zero attached hydrogens (tertiary/aromatic N) is 1. The largest absolute Gasteiger partial charge is 0.466 e. The van der Waals surface area contributed by atoms with E-state index < -0.39 is 0 Å². The van der Waals surface area contributed by atoms with Gasteiger partial charge in [0.1, 0.15) is 0 Å². The fraction of sp³-hybridized carbons (Fsp3) is 0.895. The van der Waals surface area contributed by atoms with Crippen LogP contribution in [0.1, 0.15) is 65.7 Å². The number of amides is 1. The summed E-state index contributed by atoms with van der Waals surface area (Å²) in [6.45, 7) is 7.65. The summed E-state index contributed by atoms with van der Waals surface area (Å²) in [7, 11) is 0. The minimum atomic E-state index is -0.254. The third-order valence-electron chi connectivity index (χ3n) is 6.91. The Hall–Kier alpha value is -1.06. The Bertz CT molecular complexity index is 539. The topological polar surface area (TPSA) is 46.6 Å². The van der Waals surface area contributed by atoms with Crippen LogP contribution in [0.15, 0.2) is 0 Å². The van der Waals surface area contributed by atoms with Gasteiger partial charge >= 0.3 is 5.97 Å². The van der Waals surface area contributed by atoms with Gasteiger partial charge in [-0.15, -0.1) is 0 Å². The molecule has 4 nitrogen and oxygen atoms in total. The Labute approximate surface area is 138 Å². The van der Waals surface area contributed by atoms with Crippen LogP contribution in [0.4, 0.5) is 0 Å². The number of carbonyl (C=O) groups is 2. The number of carbonyl (C=O) groups excluding carboxylic acids is 2. The number of rotatable bonds is 3. The quantitative estimate of drug-likeness (QED) is 0.751. The lowest BCUT2D eigenvalue weighted by Gasteiger charge is -2.67. The van der Waals surface area contributed by atoms with E-state index in [1.807, 2.05) is 6.92 Å². The van der Waals surface area contributed by atoms with E-state index in [1.165, 1.54) is 19.3 Å². The minimum Gasteiger partial charge on any atom is -0.466 e. The van der Waals surface area contributed by atoms with Crippen LogP contribution in [0.5, 0.6) is 0 Å². The maximum absolute atomic E-state index is 12.7. The fourth-order valence-electron chi connectivity index (χ4n) is 7.27. The van der Waals surface area contributed by atoms with Crippen molar-refractivity contribution in [2.75, 3.05) is 13.2 Å². The molecular formula is C19H29NO3. The molecule has 4 saturated carbocycles. The molecule has 0 spiro atoms. The number of esters is 1. The molecule has 0 aromatic carbocycles. The maximum Gasteiger partial charge on any atom is 0.311 e. The molecule has 1 heterocycles. The first-order valence-electron chi connectivity index (χ1n) is 9.24. The zero-order chi connectivity index (χ0) is 16.5. The van der Waals surface area contributed by atoms with Gasteiger partial charge in [0.2, 0.25) is 5.91 Å². The molecule has 128 valence electrons. The van der Waals surface area contributed by atoms with Crippen molar-refractivity contribution in [1.29, 1.82) is 0 Å². The highest BCUT2D eigenvalue weighted by Crippen LogP contribution is 2.68. The van der Waals surface area contributed by atoms with Crippen molar-refractivity contribution in [3.8, 4) is 0 Å². The van der Waals surface area contributed by atoms with E-state index in [2.05, 4.69) is 18.7 Å². The SMILES string of the molecule is CCOC(=O)C1CC(=O)N(C23CC4CC(C)(CC(C)(C4)C2)C3)C1. The second-order valence-electron chi connectivity index (χ2n) is 9.51. The van der Waals surface area contributed by atoms with E-state index in [-0.39, 0.29) is 23.3 Å². The van der Waals surface area contributed by atoms with Gasteiger partial charge in [0.25, 0.3) is 0 Å². The van der Waals surface area contributed by atoms with Crippen LogP contribution >= 0.6 is 0 Å². The third-order valence-corrected chi connectivity index (χ3v) is 6.91. The summed E-state index contributed by atoms with van der Waals surface area (Å²) < 4.78 is 5.16. The molecule has 4 heteroatoms. The van der Waals surface area contributed by atoms with Crippen LogP contribution in [0.25, 0.3) is 0 Å². The predicted molar refractivity (Wildman–Crippen MR) is 86.6 cm³/mol. The number of likely N-dealkylation sites (tertiary alicyclic amines) is 1. The van der Waals surface area contributed by atoms with Gasteiger partial charge in [0.15, 0.2) is 0 Å². The number of hydrogen-bond donors (Lipinski definition) is 0. The van der Waals surface area contributed by atoms with Crippen LogP contribution in [-0.2, 0) is 14.3 Å². The van der Waals surface area contributed by atoms with Gasteiger partial charge in [0.05, 0.1) is 12.5 Å². The van der Waals surface area contributed by atoms with Gasteiger partial charge in [-0.1, -0.05) is 13.8 Å². The summed E-state index contributed by atoms with van der Waals surface area (Å²) >= 11 is 0. The molecule has 5 aliphatic rings. The summed E-state index contributed by atoms with van der Waals surface area (Å²) in [6.07, 6.45) is 7.72. The molecule has 23 heavy (non-hydrogen) atoms. The van der Waals surface area contributed by atoms with E-state index in [9.17, 15) is 9.59 Å². The Kier molecular flexibility index (Phi) is 3.18. The van der Waals surface area contributed by atoms with E-state index >= 15 is 0 Å². The molecule has 5 fully saturated rings. The maximum atomic E-state index is 12.7. The summed E-state index contributed by atoms with van der Waals surface area (Å²) in [6, 6.07) is 0. The van der Waals surface area contributed by atoms with E-state index in [1.54, 1.807) is 0 Å². The molecule has 5 rings (SSSR count). The Morgan fingerprint density at radius 1 is 1.17 bits per heavy atom. The van der Waals surface area contributed by atoms with Crippen molar-refractivity contribution in [1.82, 2.24) is 4.90 Å². The lowest BCUT2D eigenvalue weighted by Crippen LogP contribution is -2.65. The average Bonchev–Trinajstić information content (AvgIpc) is 2.77. The Morgan fingerprint density at radius 2 is 1.83 bits per heavy atom. The monoisotopic (exact) mass is 319 g/mol. The van der Waals surface area contributed by atoms with E-state index in [0.717, 1.165) is 25.2 Å². The highest BCUT2D eigenvalue weighted by Gasteiger charge is 2.63. The van der Waals surface area contributed by atoms with Gasteiger partial charge < -0.3 is 9.64 Å². The van der Waals surface area contributed by atoms with Crippen molar-refractivity contribution in [2.24, 2.45) is 22.7 Å². The average molecular weight is 319 g/mol. The van der Waals surface area contributed by atoms with Gasteiger partial charge in [-0.3, -0.25) is 9.59 Å². The Morgan fingerprint density at radius 3 is 2.39 bits per heavy atom. The normalized spacial score (nSPS) is 48.1. The molecule has 1 amide bonds. The highest BCUT2D eigenvalue weighted by molar-refractivity contribution is 5.87. The van der Waals surface area contributed by atoms with E-state index in [0.29, 0.717) is 30.4 Å². The highest BCUT2D eigenvalue weighted by atomic mass is 16.5. The molecule has 0 aromatic heterocycles. The second kappa shape index (κ2) is 4.73. The second-order valence-corrected chi connectivity index (χ2v) is 9.51. The molecule has 4 aliphatic carbocycles. The summed E-state index contributed by atoms with van der Waals surface area (Å²) in [5, 5.41) is 0. The van der Waals surface area contributed by atoms with Crippen LogP contribution in [-0.4, -0.2) is 35.5 Å². The van der Waals surface area contributed by atoms with Gasteiger partial charge in [-0.05, 0) is 62.2 Å². The predicted octanol–water partition coefficient (Wildman–Crippen LogP) is 3.15. The van der Waals surface area contributed by atoms with Gasteiger partial charge in [-0.25, -0.2) is 0 Å². The van der Waals surface area contributed by atoms with E-state index in [4.69, 9.17) is 4.74 Å². The zero-order valence-electron chi connectivity index (χ0n) is 14.7. The van der Waals surface area contributed by atoms with Crippen molar-refractivity contribution < 1.29 is 14.3 Å². The summed E-state index contributed by atoms with van der Waals surface area (Å²) in [4.78, 5) is 26.9. The van der Waals surface area contributed by atoms with Crippen molar-refractivity contribution in [3.63, 3.8) is 0 Å². The number of ether oxygens (including phenoxy) is 1. The molecule has 1 saturated heterocycles. The molecule has 4 bridgehead atoms. The van der Waals surface area contributed by atoms with Crippen molar-refractivity contribution in [2.45, 2.75) is 71.3 Å². The molecule has 3 atom stereocenters. The summed E-state index contributed by atoms with van der Waals surface area (Å²) in [5.74, 6) is 0.495. The van der Waals surface area contributed by atoms with Crippen molar-refractivity contribution >= 4 is 11.9 Å². The molecule has 1 aliphatic heterocycles. The Balaban J connectivity index is 1.60. The lowest BCUT2D eigenvalue weighted by molar-refractivity contribution is -0.170. The molecule has 0 radical (unpaired) electrons. The first-order valence-corrected chi connectivity index (χ1v) is 9.24. The standard InChI is InChI=1S/C19H29NO3/c1-4-23-16(22)14-5-15(21)20(9-14)19-8-13-6-17(2,11-19)10-18(3,7-13)12-19/h13-14H,4-12H2,1-3H3.